The van der Waals surface area contributed by atoms with Crippen molar-refractivity contribution in [2.75, 3.05) is 27.3 Å². The zero-order chi connectivity index (χ0) is 26.7. The number of hydrogen-bond donors (Lipinski definition) is 4. The number of aromatic amines is 1. The molecule has 1 aromatic carbocycles. The maximum atomic E-state index is 12.7. The van der Waals surface area contributed by atoms with Crippen LogP contribution in [0.1, 0.15) is 19.8 Å². The molecule has 12 nitrogen and oxygen atoms in total. The summed E-state index contributed by atoms with van der Waals surface area (Å²) < 4.78 is 12.6. The van der Waals surface area contributed by atoms with Crippen LogP contribution in [0.2, 0.25) is 5.02 Å². The number of ether oxygens (including phenoxy) is 2. The van der Waals surface area contributed by atoms with Crippen molar-refractivity contribution in [2.45, 2.75) is 42.4 Å². The van der Waals surface area contributed by atoms with Crippen LogP contribution in [-0.2, 0) is 11.3 Å². The minimum absolute atomic E-state index is 0.0638. The third-order valence-corrected chi connectivity index (χ3v) is 7.57. The van der Waals surface area contributed by atoms with E-state index < -0.39 is 12.1 Å². The summed E-state index contributed by atoms with van der Waals surface area (Å²) in [5.41, 5.74) is 1.12. The van der Waals surface area contributed by atoms with E-state index in [4.69, 9.17) is 36.6 Å². The SMILES string of the molecule is COc1cc(OC)c(Cl)c(Sc2nc3c([nH]2)c(=N)ncn3CC2CCCN(C(=O)[C@H](C)NC(=O)O)C2)c1. The van der Waals surface area contributed by atoms with Gasteiger partial charge in [-0.15, -0.1) is 0 Å². The third kappa shape index (κ3) is 5.93. The number of nitrogens with one attached hydrogen (secondary N) is 3. The van der Waals surface area contributed by atoms with Crippen LogP contribution < -0.4 is 20.3 Å². The molecule has 1 fully saturated rings. The van der Waals surface area contributed by atoms with Gasteiger partial charge in [0, 0.05) is 30.6 Å². The van der Waals surface area contributed by atoms with Crippen LogP contribution in [0.5, 0.6) is 11.5 Å². The Morgan fingerprint density at radius 3 is 2.86 bits per heavy atom. The van der Waals surface area contributed by atoms with Gasteiger partial charge in [0.15, 0.2) is 16.3 Å². The molecule has 0 aliphatic carbocycles. The first-order chi connectivity index (χ1) is 17.7. The lowest BCUT2D eigenvalue weighted by molar-refractivity contribution is -0.134. The summed E-state index contributed by atoms with van der Waals surface area (Å²) in [5.74, 6) is 0.931. The van der Waals surface area contributed by atoms with E-state index in [1.165, 1.54) is 18.9 Å². The second-order valence-corrected chi connectivity index (χ2v) is 10.1. The largest absolute Gasteiger partial charge is 0.497 e. The van der Waals surface area contributed by atoms with Crippen molar-refractivity contribution in [2.24, 2.45) is 5.92 Å². The lowest BCUT2D eigenvalue weighted by atomic mass is 9.97. The highest BCUT2D eigenvalue weighted by molar-refractivity contribution is 7.99. The number of H-pyrrole nitrogens is 1. The Bertz CT molecular complexity index is 1380. The van der Waals surface area contributed by atoms with Gasteiger partial charge in [0.05, 0.1) is 25.6 Å². The fourth-order valence-corrected chi connectivity index (χ4v) is 5.51. The number of carbonyl (C=O) groups excluding carboxylic acids is 1. The summed E-state index contributed by atoms with van der Waals surface area (Å²) in [5, 5.41) is 20.3. The molecule has 198 valence electrons. The molecular weight excluding hydrogens is 522 g/mol. The van der Waals surface area contributed by atoms with Gasteiger partial charge in [0.25, 0.3) is 0 Å². The number of halogens is 1. The number of nitrogens with zero attached hydrogens (tertiary/aromatic N) is 4. The first kappa shape index (κ1) is 26.6. The quantitative estimate of drug-likeness (QED) is 0.334. The topological polar surface area (TPSA) is 158 Å². The van der Waals surface area contributed by atoms with Crippen molar-refractivity contribution in [3.05, 3.63) is 29.0 Å². The molecule has 2 aromatic heterocycles. The molecule has 14 heteroatoms. The number of aromatic nitrogens is 4. The van der Waals surface area contributed by atoms with Crippen molar-refractivity contribution in [3.63, 3.8) is 0 Å². The van der Waals surface area contributed by atoms with Gasteiger partial charge in [0.1, 0.15) is 23.1 Å². The lowest BCUT2D eigenvalue weighted by Crippen LogP contribution is -2.50. The number of rotatable bonds is 8. The Morgan fingerprint density at radius 2 is 2.16 bits per heavy atom. The van der Waals surface area contributed by atoms with Gasteiger partial charge in [-0.1, -0.05) is 11.6 Å². The summed E-state index contributed by atoms with van der Waals surface area (Å²) in [7, 11) is 3.09. The van der Waals surface area contributed by atoms with Crippen molar-refractivity contribution < 1.29 is 24.2 Å². The average Bonchev–Trinajstić information content (AvgIpc) is 3.31. The van der Waals surface area contributed by atoms with E-state index in [1.807, 2.05) is 4.57 Å². The van der Waals surface area contributed by atoms with E-state index in [0.717, 1.165) is 12.8 Å². The van der Waals surface area contributed by atoms with Crippen molar-refractivity contribution >= 4 is 46.5 Å². The lowest BCUT2D eigenvalue weighted by Gasteiger charge is -2.34. The van der Waals surface area contributed by atoms with Gasteiger partial charge in [-0.3, -0.25) is 10.2 Å². The molecule has 1 aliphatic rings. The number of likely N-dealkylation sites (tertiary alicyclic amines) is 1. The van der Waals surface area contributed by atoms with Gasteiger partial charge in [-0.25, -0.2) is 14.8 Å². The molecule has 3 heterocycles. The smallest absolute Gasteiger partial charge is 0.405 e. The predicted molar refractivity (Wildman–Crippen MR) is 136 cm³/mol. The molecule has 0 saturated carbocycles. The van der Waals surface area contributed by atoms with Crippen LogP contribution in [-0.4, -0.2) is 74.9 Å². The Kier molecular flexibility index (Phi) is 8.13. The van der Waals surface area contributed by atoms with Gasteiger partial charge >= 0.3 is 6.09 Å². The number of carboxylic acid groups (broad SMARTS) is 1. The number of benzene rings is 1. The van der Waals surface area contributed by atoms with E-state index >= 15 is 0 Å². The van der Waals surface area contributed by atoms with Crippen LogP contribution in [0.4, 0.5) is 4.79 Å². The van der Waals surface area contributed by atoms with Crippen LogP contribution >= 0.6 is 23.4 Å². The number of imidazole rings is 1. The second kappa shape index (κ2) is 11.3. The van der Waals surface area contributed by atoms with Crippen LogP contribution in [0, 0.1) is 11.3 Å². The molecular formula is C23H28ClN7O5S. The molecule has 1 unspecified atom stereocenters. The van der Waals surface area contributed by atoms with Crippen LogP contribution in [0.15, 0.2) is 28.5 Å². The summed E-state index contributed by atoms with van der Waals surface area (Å²) in [6.45, 7) is 3.16. The van der Waals surface area contributed by atoms with E-state index in [-0.39, 0.29) is 17.3 Å². The summed E-state index contributed by atoms with van der Waals surface area (Å²) in [4.78, 5) is 38.1. The first-order valence-electron chi connectivity index (χ1n) is 11.6. The fraction of sp³-hybridized carbons (Fsp3) is 0.435. The molecule has 3 aromatic rings. The normalized spacial score (nSPS) is 16.4. The van der Waals surface area contributed by atoms with Crippen LogP contribution in [0.25, 0.3) is 11.2 Å². The van der Waals surface area contributed by atoms with Crippen molar-refractivity contribution in [1.82, 2.24) is 29.7 Å². The molecule has 2 atom stereocenters. The zero-order valence-corrected chi connectivity index (χ0v) is 22.1. The molecule has 0 radical (unpaired) electrons. The monoisotopic (exact) mass is 549 g/mol. The van der Waals surface area contributed by atoms with Gasteiger partial charge < -0.3 is 34.3 Å². The molecule has 1 aliphatic heterocycles. The maximum absolute atomic E-state index is 12.7. The van der Waals surface area contributed by atoms with E-state index in [0.29, 0.717) is 57.4 Å². The Hall–Kier alpha value is -3.45. The number of fused-ring (bicyclic) bond motifs is 1. The zero-order valence-electron chi connectivity index (χ0n) is 20.6. The molecule has 1 saturated heterocycles. The van der Waals surface area contributed by atoms with E-state index in [2.05, 4.69) is 15.3 Å². The molecule has 0 spiro atoms. The molecule has 2 amide bonds. The van der Waals surface area contributed by atoms with Gasteiger partial charge in [-0.05, 0) is 43.5 Å². The van der Waals surface area contributed by atoms with Gasteiger partial charge in [0.2, 0.25) is 5.91 Å². The molecule has 4 N–H and O–H groups in total. The third-order valence-electron chi connectivity index (χ3n) is 6.14. The minimum atomic E-state index is -1.23. The maximum Gasteiger partial charge on any atom is 0.405 e. The number of piperidine rings is 1. The first-order valence-corrected chi connectivity index (χ1v) is 12.8. The van der Waals surface area contributed by atoms with Crippen LogP contribution in [0.3, 0.4) is 0 Å². The summed E-state index contributed by atoms with van der Waals surface area (Å²) >= 11 is 7.78. The highest BCUT2D eigenvalue weighted by atomic mass is 35.5. The van der Waals surface area contributed by atoms with Gasteiger partial charge in [-0.2, -0.15) is 0 Å². The number of methoxy groups -OCH3 is 2. The number of hydrogen-bond acceptors (Lipinski definition) is 8. The van der Waals surface area contributed by atoms with Crippen molar-refractivity contribution in [1.29, 1.82) is 5.41 Å². The highest BCUT2D eigenvalue weighted by Gasteiger charge is 2.28. The molecule has 0 bridgehead atoms. The number of amides is 2. The fourth-order valence-electron chi connectivity index (χ4n) is 4.35. The Balaban J connectivity index is 1.56. The predicted octanol–water partition coefficient (Wildman–Crippen LogP) is 2.96. The average molecular weight is 550 g/mol. The van der Waals surface area contributed by atoms with E-state index in [1.54, 1.807) is 37.4 Å². The Labute approximate surface area is 221 Å². The highest BCUT2D eigenvalue weighted by Crippen LogP contribution is 2.41. The minimum Gasteiger partial charge on any atom is -0.497 e. The second-order valence-electron chi connectivity index (χ2n) is 8.69. The number of carbonyl (C=O) groups is 2. The molecule has 37 heavy (non-hydrogen) atoms. The Morgan fingerprint density at radius 1 is 1.38 bits per heavy atom. The summed E-state index contributed by atoms with van der Waals surface area (Å²) in [6.07, 6.45) is 2.06. The van der Waals surface area contributed by atoms with E-state index in [9.17, 15) is 9.59 Å². The standard InChI is InChI=1S/C23H28ClN7O5S/c1-12(27-23(33)34)21(32)30-6-4-5-13(9-30)10-31-11-26-19(25)18-20(31)29-22(28-18)37-16-8-14(35-2)7-15(36-3)17(16)24/h7-8,11-13,25,27H,4-6,9-10H2,1-3H3,(H,28,29)(H,33,34)/t12-,13?/m0/s1. The molecule has 4 rings (SSSR count). The van der Waals surface area contributed by atoms with Crippen molar-refractivity contribution in [3.8, 4) is 11.5 Å². The summed E-state index contributed by atoms with van der Waals surface area (Å²) in [6, 6.07) is 2.67.